The summed E-state index contributed by atoms with van der Waals surface area (Å²) in [5, 5.41) is 0.242. The van der Waals surface area contributed by atoms with Gasteiger partial charge >= 0.3 is 0 Å². The van der Waals surface area contributed by atoms with Crippen LogP contribution in [0.5, 0.6) is 0 Å². The second-order valence-electron chi connectivity index (χ2n) is 10.1. The van der Waals surface area contributed by atoms with Crippen LogP contribution in [-0.2, 0) is 11.0 Å². The van der Waals surface area contributed by atoms with E-state index in [0.29, 0.717) is 12.6 Å². The van der Waals surface area contributed by atoms with Crippen LogP contribution in [0.15, 0.2) is 18.2 Å². The second kappa shape index (κ2) is 7.73. The Morgan fingerprint density at radius 2 is 1.81 bits per heavy atom. The molecule has 0 radical (unpaired) electrons. The molecule has 2 aliphatic rings. The first-order valence-corrected chi connectivity index (χ1v) is 13.4. The molecule has 146 valence electrons. The van der Waals surface area contributed by atoms with E-state index in [2.05, 4.69) is 63.9 Å². The Kier molecular flexibility index (Phi) is 5.95. The van der Waals surface area contributed by atoms with Gasteiger partial charge in [0.25, 0.3) is 0 Å². The Hall–Kier alpha value is -0.713. The number of hydrogen-bond donors (Lipinski definition) is 0. The molecule has 2 heterocycles. The van der Waals surface area contributed by atoms with Crippen molar-refractivity contribution in [2.75, 3.05) is 13.1 Å². The van der Waals surface area contributed by atoms with Crippen molar-refractivity contribution in [2.45, 2.75) is 84.2 Å². The lowest BCUT2D eigenvalue weighted by molar-refractivity contribution is 0.120. The maximum absolute atomic E-state index is 6.41. The van der Waals surface area contributed by atoms with Gasteiger partial charge in [0.05, 0.1) is 24.0 Å². The monoisotopic (exact) mass is 374 g/mol. The van der Waals surface area contributed by atoms with E-state index in [-0.39, 0.29) is 5.04 Å². The smallest absolute Gasteiger partial charge is 0.192 e. The average Bonchev–Trinajstić information content (AvgIpc) is 3.39. The minimum absolute atomic E-state index is 0.242. The molecule has 2 fully saturated rings. The topological polar surface area (TPSA) is 25.4 Å². The molecule has 0 spiro atoms. The van der Waals surface area contributed by atoms with Crippen LogP contribution >= 0.6 is 0 Å². The fourth-order valence-corrected chi connectivity index (χ4v) is 4.60. The Bertz CT molecular complexity index is 598. The summed E-state index contributed by atoms with van der Waals surface area (Å²) in [7, 11) is -1.73. The molecule has 0 N–H and O–H groups in total. The Labute approximate surface area is 161 Å². The summed E-state index contributed by atoms with van der Waals surface area (Å²) in [4.78, 5) is 7.78. The number of rotatable bonds is 6. The predicted molar refractivity (Wildman–Crippen MR) is 112 cm³/mol. The maximum atomic E-state index is 6.41. The molecule has 1 aliphatic heterocycles. The van der Waals surface area contributed by atoms with Crippen molar-refractivity contribution in [1.29, 1.82) is 0 Å². The molecule has 1 atom stereocenters. The molecule has 1 saturated heterocycles. The molecular weight excluding hydrogens is 336 g/mol. The molecule has 0 bridgehead atoms. The van der Waals surface area contributed by atoms with E-state index in [1.165, 1.54) is 44.5 Å². The lowest BCUT2D eigenvalue weighted by Gasteiger charge is -2.37. The summed E-state index contributed by atoms with van der Waals surface area (Å²) in [6, 6.07) is 7.10. The van der Waals surface area contributed by atoms with E-state index in [1.54, 1.807) is 0 Å². The van der Waals surface area contributed by atoms with Gasteiger partial charge in [-0.25, -0.2) is 0 Å². The van der Waals surface area contributed by atoms with Crippen LogP contribution < -0.4 is 0 Å². The van der Waals surface area contributed by atoms with Gasteiger partial charge in [-0.15, -0.1) is 0 Å². The third kappa shape index (κ3) is 4.76. The summed E-state index contributed by atoms with van der Waals surface area (Å²) in [6.07, 6.45) is 5.39. The number of pyridine rings is 1. The fraction of sp³-hybridized carbons (Fsp3) is 0.773. The van der Waals surface area contributed by atoms with Crippen molar-refractivity contribution < 1.29 is 4.43 Å². The number of nitrogens with zero attached hydrogens (tertiary/aromatic N) is 2. The van der Waals surface area contributed by atoms with Crippen LogP contribution in [0.3, 0.4) is 0 Å². The highest BCUT2D eigenvalue weighted by Gasteiger charge is 2.39. The Morgan fingerprint density at radius 3 is 2.38 bits per heavy atom. The molecule has 4 heteroatoms. The minimum Gasteiger partial charge on any atom is -0.411 e. The first-order chi connectivity index (χ1) is 12.2. The zero-order chi connectivity index (χ0) is 18.9. The third-order valence-electron chi connectivity index (χ3n) is 6.80. The van der Waals surface area contributed by atoms with Gasteiger partial charge in [0.15, 0.2) is 8.32 Å². The standard InChI is InChI=1S/C22H38N2OSi/c1-17-12-14-24(15-13-17)21(18-10-11-18)20-9-7-8-19(23-20)16-25-26(5,6)22(2,3)4/h7-9,17-18,21H,10-16H2,1-6H3. The van der Waals surface area contributed by atoms with Crippen molar-refractivity contribution in [3.63, 3.8) is 0 Å². The highest BCUT2D eigenvalue weighted by atomic mass is 28.4. The van der Waals surface area contributed by atoms with Gasteiger partial charge < -0.3 is 4.43 Å². The molecule has 3 nitrogen and oxygen atoms in total. The van der Waals surface area contributed by atoms with E-state index in [4.69, 9.17) is 9.41 Å². The SMILES string of the molecule is CC1CCN(C(c2cccc(CO[Si](C)(C)C(C)(C)C)n2)C2CC2)CC1. The normalized spacial score (nSPS) is 21.8. The van der Waals surface area contributed by atoms with Crippen LogP contribution in [0.2, 0.25) is 18.1 Å². The predicted octanol–water partition coefficient (Wildman–Crippen LogP) is 5.79. The van der Waals surface area contributed by atoms with E-state index in [9.17, 15) is 0 Å². The molecule has 1 aromatic rings. The van der Waals surface area contributed by atoms with E-state index >= 15 is 0 Å². The highest BCUT2D eigenvalue weighted by Crippen LogP contribution is 2.45. The van der Waals surface area contributed by atoms with Crippen molar-refractivity contribution in [2.24, 2.45) is 11.8 Å². The lowest BCUT2D eigenvalue weighted by atomic mass is 9.95. The molecule has 3 rings (SSSR count). The number of piperidine rings is 1. The number of hydrogen-bond acceptors (Lipinski definition) is 3. The van der Waals surface area contributed by atoms with Gasteiger partial charge in [-0.05, 0) is 80.9 Å². The van der Waals surface area contributed by atoms with Gasteiger partial charge in [-0.2, -0.15) is 0 Å². The van der Waals surface area contributed by atoms with Crippen molar-refractivity contribution >= 4 is 8.32 Å². The summed E-state index contributed by atoms with van der Waals surface area (Å²) in [5.41, 5.74) is 2.38. The van der Waals surface area contributed by atoms with Gasteiger partial charge in [-0.3, -0.25) is 9.88 Å². The Balaban J connectivity index is 1.71. The third-order valence-corrected chi connectivity index (χ3v) is 11.3. The molecule has 0 aromatic carbocycles. The van der Waals surface area contributed by atoms with Crippen molar-refractivity contribution in [3.05, 3.63) is 29.6 Å². The quantitative estimate of drug-likeness (QED) is 0.590. The van der Waals surface area contributed by atoms with E-state index in [0.717, 1.165) is 17.5 Å². The van der Waals surface area contributed by atoms with E-state index < -0.39 is 8.32 Å². The summed E-state index contributed by atoms with van der Waals surface area (Å²) < 4.78 is 6.41. The molecule has 0 amide bonds. The Morgan fingerprint density at radius 1 is 1.15 bits per heavy atom. The van der Waals surface area contributed by atoms with Gasteiger partial charge in [-0.1, -0.05) is 33.8 Å². The molecule has 1 aromatic heterocycles. The van der Waals surface area contributed by atoms with Crippen LogP contribution in [0, 0.1) is 11.8 Å². The van der Waals surface area contributed by atoms with Crippen LogP contribution in [0.1, 0.15) is 70.8 Å². The number of likely N-dealkylation sites (tertiary alicyclic amines) is 1. The summed E-state index contributed by atoms with van der Waals surface area (Å²) >= 11 is 0. The summed E-state index contributed by atoms with van der Waals surface area (Å²) in [6.45, 7) is 17.0. The van der Waals surface area contributed by atoms with Crippen LogP contribution in [-0.4, -0.2) is 31.3 Å². The molecule has 1 saturated carbocycles. The lowest BCUT2D eigenvalue weighted by Crippen LogP contribution is -2.40. The zero-order valence-corrected chi connectivity index (χ0v) is 18.7. The van der Waals surface area contributed by atoms with Gasteiger partial charge in [0.2, 0.25) is 0 Å². The molecule has 1 unspecified atom stereocenters. The van der Waals surface area contributed by atoms with Crippen molar-refractivity contribution in [3.8, 4) is 0 Å². The molecule has 26 heavy (non-hydrogen) atoms. The van der Waals surface area contributed by atoms with E-state index in [1.807, 2.05) is 0 Å². The van der Waals surface area contributed by atoms with Crippen LogP contribution in [0.25, 0.3) is 0 Å². The minimum atomic E-state index is -1.73. The van der Waals surface area contributed by atoms with Crippen LogP contribution in [0.4, 0.5) is 0 Å². The molecule has 1 aliphatic carbocycles. The first-order valence-electron chi connectivity index (χ1n) is 10.5. The second-order valence-corrected chi connectivity index (χ2v) is 14.9. The molecular formula is C22H38N2OSi. The first kappa shape index (κ1) is 20.0. The average molecular weight is 375 g/mol. The van der Waals surface area contributed by atoms with Gasteiger partial charge in [0.1, 0.15) is 0 Å². The maximum Gasteiger partial charge on any atom is 0.192 e. The van der Waals surface area contributed by atoms with Crippen molar-refractivity contribution in [1.82, 2.24) is 9.88 Å². The fourth-order valence-electron chi connectivity index (χ4n) is 3.66. The highest BCUT2D eigenvalue weighted by molar-refractivity contribution is 6.74. The van der Waals surface area contributed by atoms with Gasteiger partial charge in [0, 0.05) is 0 Å². The summed E-state index contributed by atoms with van der Waals surface area (Å²) in [5.74, 6) is 1.69. The number of aromatic nitrogens is 1. The largest absolute Gasteiger partial charge is 0.411 e. The zero-order valence-electron chi connectivity index (χ0n) is 17.7.